The van der Waals surface area contributed by atoms with Gasteiger partial charge < -0.3 is 5.32 Å². The Hall–Kier alpha value is -0.680. The van der Waals surface area contributed by atoms with Crippen LogP contribution in [-0.4, -0.2) is 27.9 Å². The maximum atomic E-state index is 12.1. The molecule has 0 saturated carbocycles. The summed E-state index contributed by atoms with van der Waals surface area (Å²) in [7, 11) is 0. The summed E-state index contributed by atoms with van der Waals surface area (Å²) in [5.74, 6) is 1.25. The molecule has 0 fully saturated rings. The minimum absolute atomic E-state index is 0.0608. The fraction of sp³-hybridized carbons (Fsp3) is 0.769. The first-order valence-electron chi connectivity index (χ1n) is 6.76. The second-order valence-corrected chi connectivity index (χ2v) is 6.12. The highest BCUT2D eigenvalue weighted by atomic mass is 35.5. The molecule has 0 aliphatic carbocycles. The van der Waals surface area contributed by atoms with Gasteiger partial charge in [0.15, 0.2) is 0 Å². The molecule has 0 aliphatic rings. The number of carbonyl (C=O) groups excluding carboxylic acids is 1. The lowest BCUT2D eigenvalue weighted by molar-refractivity contribution is 0.0948. The van der Waals surface area contributed by atoms with Crippen LogP contribution in [0.25, 0.3) is 0 Å². The van der Waals surface area contributed by atoms with E-state index in [1.54, 1.807) is 0 Å². The monoisotopic (exact) mass is 303 g/mol. The Morgan fingerprint density at radius 1 is 1.42 bits per heavy atom. The van der Waals surface area contributed by atoms with Gasteiger partial charge in [0, 0.05) is 12.4 Å². The van der Waals surface area contributed by atoms with Crippen LogP contribution in [0.2, 0.25) is 0 Å². The maximum absolute atomic E-state index is 12.1. The number of alkyl halides is 1. The summed E-state index contributed by atoms with van der Waals surface area (Å²) in [6, 6.07) is 0. The predicted molar refractivity (Wildman–Crippen MR) is 80.1 cm³/mol. The van der Waals surface area contributed by atoms with Crippen LogP contribution in [-0.2, 0) is 0 Å². The molecule has 1 rings (SSSR count). The predicted octanol–water partition coefficient (Wildman–Crippen LogP) is 3.44. The minimum atomic E-state index is -0.0608. The fourth-order valence-corrected chi connectivity index (χ4v) is 3.01. The number of rotatable bonds is 8. The summed E-state index contributed by atoms with van der Waals surface area (Å²) in [5.41, 5.74) is 0.784. The van der Waals surface area contributed by atoms with Gasteiger partial charge in [-0.1, -0.05) is 31.7 Å². The van der Waals surface area contributed by atoms with Gasteiger partial charge in [0.2, 0.25) is 0 Å². The number of hydrogen-bond donors (Lipinski definition) is 1. The molecule has 1 heterocycles. The van der Waals surface area contributed by atoms with Crippen molar-refractivity contribution in [3.63, 3.8) is 0 Å². The topological polar surface area (TPSA) is 54.9 Å². The molecule has 6 heteroatoms. The molecule has 108 valence electrons. The van der Waals surface area contributed by atoms with E-state index in [1.165, 1.54) is 11.5 Å². The largest absolute Gasteiger partial charge is 0.351 e. The highest BCUT2D eigenvalue weighted by Crippen LogP contribution is 2.19. The Morgan fingerprint density at radius 3 is 2.74 bits per heavy atom. The van der Waals surface area contributed by atoms with Gasteiger partial charge in [-0.15, -0.1) is 16.7 Å². The Labute approximate surface area is 124 Å². The van der Waals surface area contributed by atoms with Crippen LogP contribution in [0.15, 0.2) is 0 Å². The van der Waals surface area contributed by atoms with Gasteiger partial charge in [-0.2, -0.15) is 0 Å². The van der Waals surface area contributed by atoms with Crippen molar-refractivity contribution >= 4 is 29.0 Å². The summed E-state index contributed by atoms with van der Waals surface area (Å²) in [6.07, 6.45) is 3.13. The lowest BCUT2D eigenvalue weighted by Gasteiger charge is -2.15. The van der Waals surface area contributed by atoms with Crippen molar-refractivity contribution in [1.82, 2.24) is 14.9 Å². The van der Waals surface area contributed by atoms with Crippen LogP contribution in [0.4, 0.5) is 0 Å². The van der Waals surface area contributed by atoms with Crippen molar-refractivity contribution in [3.05, 3.63) is 10.6 Å². The number of halogens is 1. The van der Waals surface area contributed by atoms with Crippen molar-refractivity contribution in [1.29, 1.82) is 0 Å². The third kappa shape index (κ3) is 5.07. The number of nitrogens with one attached hydrogen (secondary N) is 1. The molecule has 0 aromatic carbocycles. The second-order valence-electron chi connectivity index (χ2n) is 4.98. The normalized spacial score (nSPS) is 12.7. The molecule has 1 aromatic heterocycles. The standard InChI is InChI=1S/C13H22ClN3OS/c1-4-5-10(6-7-14)8-15-13(18)12-11(9(2)3)16-17-19-12/h9-10H,4-8H2,1-3H3,(H,15,18). The van der Waals surface area contributed by atoms with E-state index in [9.17, 15) is 4.79 Å². The highest BCUT2D eigenvalue weighted by molar-refractivity contribution is 7.08. The van der Waals surface area contributed by atoms with Crippen molar-refractivity contribution in [2.75, 3.05) is 12.4 Å². The summed E-state index contributed by atoms with van der Waals surface area (Å²) in [4.78, 5) is 12.8. The summed E-state index contributed by atoms with van der Waals surface area (Å²) < 4.78 is 3.87. The van der Waals surface area contributed by atoms with Crippen molar-refractivity contribution in [2.45, 2.75) is 46.0 Å². The van der Waals surface area contributed by atoms with E-state index in [1.807, 2.05) is 13.8 Å². The van der Waals surface area contributed by atoms with Gasteiger partial charge in [0.25, 0.3) is 5.91 Å². The number of nitrogens with zero attached hydrogens (tertiary/aromatic N) is 2. The molecular weight excluding hydrogens is 282 g/mol. The Kier molecular flexibility index (Phi) is 7.31. The van der Waals surface area contributed by atoms with E-state index in [4.69, 9.17) is 11.6 Å². The van der Waals surface area contributed by atoms with E-state index in [-0.39, 0.29) is 11.8 Å². The molecule has 0 bridgehead atoms. The maximum Gasteiger partial charge on any atom is 0.264 e. The van der Waals surface area contributed by atoms with E-state index in [2.05, 4.69) is 21.8 Å². The zero-order valence-electron chi connectivity index (χ0n) is 11.8. The summed E-state index contributed by atoms with van der Waals surface area (Å²) in [5, 5.41) is 7.01. The van der Waals surface area contributed by atoms with Crippen LogP contribution in [0.1, 0.15) is 61.3 Å². The van der Waals surface area contributed by atoms with Gasteiger partial charge in [-0.05, 0) is 36.2 Å². The third-order valence-electron chi connectivity index (χ3n) is 3.03. The lowest BCUT2D eigenvalue weighted by Crippen LogP contribution is -2.29. The Balaban J connectivity index is 2.56. The molecular formula is C13H22ClN3OS. The average Bonchev–Trinajstić information content (AvgIpc) is 2.85. The quantitative estimate of drug-likeness (QED) is 0.749. The molecule has 1 atom stereocenters. The van der Waals surface area contributed by atoms with Gasteiger partial charge in [-0.25, -0.2) is 0 Å². The van der Waals surface area contributed by atoms with Crippen LogP contribution < -0.4 is 5.32 Å². The molecule has 1 amide bonds. The molecule has 0 spiro atoms. The third-order valence-corrected chi connectivity index (χ3v) is 3.99. The van der Waals surface area contributed by atoms with Gasteiger partial charge in [0.05, 0.1) is 5.69 Å². The van der Waals surface area contributed by atoms with Gasteiger partial charge in [0.1, 0.15) is 4.88 Å². The highest BCUT2D eigenvalue weighted by Gasteiger charge is 2.19. The van der Waals surface area contributed by atoms with E-state index >= 15 is 0 Å². The van der Waals surface area contributed by atoms with Gasteiger partial charge >= 0.3 is 0 Å². The van der Waals surface area contributed by atoms with Crippen LogP contribution in [0.5, 0.6) is 0 Å². The van der Waals surface area contributed by atoms with Crippen LogP contribution in [0, 0.1) is 5.92 Å². The first-order valence-corrected chi connectivity index (χ1v) is 8.07. The Bertz CT molecular complexity index is 389. The van der Waals surface area contributed by atoms with Crippen LogP contribution >= 0.6 is 23.1 Å². The molecule has 19 heavy (non-hydrogen) atoms. The summed E-state index contributed by atoms with van der Waals surface area (Å²) >= 11 is 6.95. The second kappa shape index (κ2) is 8.48. The molecule has 1 unspecified atom stereocenters. The average molecular weight is 304 g/mol. The van der Waals surface area contributed by atoms with E-state index in [0.717, 1.165) is 25.0 Å². The zero-order valence-corrected chi connectivity index (χ0v) is 13.4. The number of hydrogen-bond acceptors (Lipinski definition) is 4. The molecule has 4 nitrogen and oxygen atoms in total. The number of carbonyl (C=O) groups is 1. The van der Waals surface area contributed by atoms with E-state index in [0.29, 0.717) is 23.2 Å². The number of aromatic nitrogens is 2. The van der Waals surface area contributed by atoms with Crippen molar-refractivity contribution in [2.24, 2.45) is 5.92 Å². The minimum Gasteiger partial charge on any atom is -0.351 e. The SMILES string of the molecule is CCCC(CCCl)CNC(=O)c1snnc1C(C)C. The van der Waals surface area contributed by atoms with E-state index < -0.39 is 0 Å². The first-order chi connectivity index (χ1) is 9.10. The molecule has 1 N–H and O–H groups in total. The molecule has 0 aliphatic heterocycles. The van der Waals surface area contributed by atoms with Gasteiger partial charge in [-0.3, -0.25) is 4.79 Å². The number of amides is 1. The Morgan fingerprint density at radius 2 is 2.16 bits per heavy atom. The zero-order chi connectivity index (χ0) is 14.3. The first kappa shape index (κ1) is 16.4. The van der Waals surface area contributed by atoms with Crippen molar-refractivity contribution < 1.29 is 4.79 Å². The molecule has 0 radical (unpaired) electrons. The summed E-state index contributed by atoms with van der Waals surface area (Å²) in [6.45, 7) is 6.85. The lowest BCUT2D eigenvalue weighted by atomic mass is 10.0. The fourth-order valence-electron chi connectivity index (χ4n) is 1.96. The molecule has 0 saturated heterocycles. The van der Waals surface area contributed by atoms with Crippen molar-refractivity contribution in [3.8, 4) is 0 Å². The smallest absolute Gasteiger partial charge is 0.264 e. The van der Waals surface area contributed by atoms with Crippen LogP contribution in [0.3, 0.4) is 0 Å². The molecule has 1 aromatic rings.